The summed E-state index contributed by atoms with van der Waals surface area (Å²) in [5, 5.41) is 11.0. The van der Waals surface area contributed by atoms with Crippen molar-refractivity contribution in [2.24, 2.45) is 23.1 Å². The van der Waals surface area contributed by atoms with Gasteiger partial charge in [-0.25, -0.2) is 0 Å². The molecular formula is C40H61N7O6. The number of rotatable bonds is 27. The average Bonchev–Trinajstić information content (AvgIpc) is 3.13. The van der Waals surface area contributed by atoms with Crippen molar-refractivity contribution in [3.05, 3.63) is 71.8 Å². The van der Waals surface area contributed by atoms with E-state index in [-0.39, 0.29) is 24.7 Å². The Labute approximate surface area is 314 Å². The Kier molecular flexibility index (Phi) is 21.1. The van der Waals surface area contributed by atoms with Crippen LogP contribution in [0.25, 0.3) is 0 Å². The molecule has 13 nitrogen and oxygen atoms in total. The van der Waals surface area contributed by atoms with Crippen LogP contribution in [0.2, 0.25) is 0 Å². The predicted octanol–water partition coefficient (Wildman–Crippen LogP) is 2.68. The van der Waals surface area contributed by atoms with Crippen molar-refractivity contribution in [1.29, 1.82) is 0 Å². The van der Waals surface area contributed by atoms with Gasteiger partial charge in [0, 0.05) is 19.4 Å². The lowest BCUT2D eigenvalue weighted by Gasteiger charge is -2.26. The molecule has 0 spiro atoms. The number of hydrogen-bond donors (Lipinski definition) is 7. The lowest BCUT2D eigenvalue weighted by atomic mass is 9.97. The Morgan fingerprint density at radius 3 is 1.66 bits per heavy atom. The third-order valence-electron chi connectivity index (χ3n) is 9.31. The lowest BCUT2D eigenvalue weighted by Crippen LogP contribution is -2.55. The van der Waals surface area contributed by atoms with Crippen LogP contribution in [0.15, 0.2) is 60.7 Å². The van der Waals surface area contributed by atoms with Crippen LogP contribution in [0.4, 0.5) is 0 Å². The summed E-state index contributed by atoms with van der Waals surface area (Å²) < 4.78 is 0. The number of primary amides is 2. The van der Waals surface area contributed by atoms with E-state index in [1.165, 1.54) is 0 Å². The summed E-state index contributed by atoms with van der Waals surface area (Å²) in [6.45, 7) is 4.26. The molecule has 0 fully saturated rings. The summed E-state index contributed by atoms with van der Waals surface area (Å²) in [6, 6.07) is 15.0. The van der Waals surface area contributed by atoms with Gasteiger partial charge in [-0.2, -0.15) is 0 Å². The fourth-order valence-electron chi connectivity index (χ4n) is 5.91. The molecule has 292 valence electrons. The molecule has 0 bridgehead atoms. The molecule has 2 aromatic carbocycles. The van der Waals surface area contributed by atoms with Gasteiger partial charge in [0.15, 0.2) is 0 Å². The van der Waals surface area contributed by atoms with Gasteiger partial charge in [0.1, 0.15) is 18.1 Å². The van der Waals surface area contributed by atoms with Gasteiger partial charge in [-0.15, -0.1) is 0 Å². The topological polar surface area (TPSA) is 229 Å². The number of carbonyl (C=O) groups excluding carboxylic acids is 6. The van der Waals surface area contributed by atoms with E-state index in [9.17, 15) is 28.8 Å². The molecule has 6 amide bonds. The fraction of sp³-hybridized carbons (Fsp3) is 0.550. The van der Waals surface area contributed by atoms with Crippen molar-refractivity contribution in [2.45, 2.75) is 128 Å². The molecule has 0 heterocycles. The van der Waals surface area contributed by atoms with Crippen molar-refractivity contribution < 1.29 is 28.8 Å². The molecule has 0 saturated heterocycles. The number of hydrogen-bond acceptors (Lipinski definition) is 7. The van der Waals surface area contributed by atoms with Gasteiger partial charge in [0.2, 0.25) is 35.4 Å². The summed E-state index contributed by atoms with van der Waals surface area (Å²) in [4.78, 5) is 74.9. The second-order valence-corrected chi connectivity index (χ2v) is 13.8. The van der Waals surface area contributed by atoms with E-state index >= 15 is 0 Å². The Hall–Kier alpha value is -4.78. The van der Waals surface area contributed by atoms with Crippen LogP contribution in [-0.2, 0) is 41.6 Å². The summed E-state index contributed by atoms with van der Waals surface area (Å²) >= 11 is 0. The molecule has 53 heavy (non-hydrogen) atoms. The van der Waals surface area contributed by atoms with Crippen molar-refractivity contribution in [3.8, 4) is 0 Å². The maximum atomic E-state index is 13.2. The Morgan fingerprint density at radius 2 is 1.13 bits per heavy atom. The molecular weight excluding hydrogens is 674 g/mol. The summed E-state index contributed by atoms with van der Waals surface area (Å²) in [5.74, 6) is -3.04. The molecule has 0 radical (unpaired) electrons. The molecule has 1 unspecified atom stereocenters. The van der Waals surface area contributed by atoms with E-state index in [0.717, 1.165) is 62.5 Å². The smallest absolute Gasteiger partial charge is 0.243 e. The third-order valence-corrected chi connectivity index (χ3v) is 9.31. The van der Waals surface area contributed by atoms with Gasteiger partial charge >= 0.3 is 0 Å². The minimum atomic E-state index is -1.08. The van der Waals surface area contributed by atoms with Crippen LogP contribution in [0, 0.1) is 5.92 Å². The molecule has 0 aromatic heterocycles. The highest BCUT2D eigenvalue weighted by Crippen LogP contribution is 2.13. The number of amides is 6. The molecule has 5 atom stereocenters. The van der Waals surface area contributed by atoms with Crippen LogP contribution in [-0.4, -0.2) is 66.2 Å². The zero-order valence-electron chi connectivity index (χ0n) is 31.4. The Morgan fingerprint density at radius 1 is 0.623 bits per heavy atom. The maximum absolute atomic E-state index is 13.2. The summed E-state index contributed by atoms with van der Waals surface area (Å²) in [5.41, 5.74) is 18.7. The van der Waals surface area contributed by atoms with Gasteiger partial charge < -0.3 is 38.5 Å². The molecule has 0 aliphatic rings. The quantitative estimate of drug-likeness (QED) is 0.0678. The molecule has 0 aliphatic carbocycles. The van der Waals surface area contributed by atoms with Gasteiger partial charge in [0.25, 0.3) is 0 Å². The fourth-order valence-corrected chi connectivity index (χ4v) is 5.91. The van der Waals surface area contributed by atoms with E-state index in [0.29, 0.717) is 32.2 Å². The number of benzene rings is 2. The molecule has 0 saturated carbocycles. The van der Waals surface area contributed by atoms with Gasteiger partial charge in [-0.05, 0) is 36.3 Å². The van der Waals surface area contributed by atoms with Crippen LogP contribution in [0.5, 0.6) is 0 Å². The molecule has 13 heteroatoms. The summed E-state index contributed by atoms with van der Waals surface area (Å²) in [7, 11) is 0. The van der Waals surface area contributed by atoms with Crippen molar-refractivity contribution >= 4 is 35.4 Å². The number of carbonyl (C=O) groups is 6. The zero-order chi connectivity index (χ0) is 39.0. The SMILES string of the molecule is CCC(C)[C@H](NC(=O)CCCCCCCCCCCNC(=O)[C@H](CC(N)=O)NC(=O)[C@@H](N)Cc1ccccc1)C(=O)N[C@@H](Cc1ccccc1)C(N)=O. The Balaban J connectivity index is 1.59. The van der Waals surface area contributed by atoms with Gasteiger partial charge in [-0.3, -0.25) is 28.8 Å². The number of unbranched alkanes of at least 4 members (excludes halogenated alkanes) is 8. The second-order valence-electron chi connectivity index (χ2n) is 13.8. The standard InChI is InChI=1S/C40H61N7O6/c1-3-28(2)36(40(53)45-32(37(43)50)26-30-21-15-12-16-22-30)47-35(49)23-17-9-7-5-4-6-8-10-18-24-44-39(52)33(27-34(42)48)46-38(51)31(41)25-29-19-13-11-14-20-29/h11-16,19-22,28,31-33,36H,3-10,17-18,23-27,41H2,1-2H3,(H2,42,48)(H2,43,50)(H,44,52)(H,45,53)(H,46,51)(H,47,49)/t28?,31-,32-,33-,36-/m0/s1. The second kappa shape index (κ2) is 25.2. The minimum Gasteiger partial charge on any atom is -0.370 e. The van der Waals surface area contributed by atoms with Crippen molar-refractivity contribution in [1.82, 2.24) is 21.3 Å². The van der Waals surface area contributed by atoms with Gasteiger partial charge in [-0.1, -0.05) is 126 Å². The molecule has 10 N–H and O–H groups in total. The average molecular weight is 736 g/mol. The first-order valence-electron chi connectivity index (χ1n) is 19.0. The third kappa shape index (κ3) is 18.5. The molecule has 2 rings (SSSR count). The highest BCUT2D eigenvalue weighted by molar-refractivity contribution is 5.93. The normalized spacial score (nSPS) is 13.8. The van der Waals surface area contributed by atoms with Crippen LogP contribution < -0.4 is 38.5 Å². The molecule has 0 aliphatic heterocycles. The molecule has 2 aromatic rings. The van der Waals surface area contributed by atoms with E-state index in [1.807, 2.05) is 74.5 Å². The van der Waals surface area contributed by atoms with Gasteiger partial charge in [0.05, 0.1) is 12.5 Å². The highest BCUT2D eigenvalue weighted by Gasteiger charge is 2.29. The van der Waals surface area contributed by atoms with Crippen LogP contribution >= 0.6 is 0 Å². The van der Waals surface area contributed by atoms with Crippen LogP contribution in [0.3, 0.4) is 0 Å². The first kappa shape index (κ1) is 44.4. The van der Waals surface area contributed by atoms with Crippen molar-refractivity contribution in [2.75, 3.05) is 6.54 Å². The monoisotopic (exact) mass is 735 g/mol. The maximum Gasteiger partial charge on any atom is 0.243 e. The number of nitrogens with one attached hydrogen (secondary N) is 4. The minimum absolute atomic E-state index is 0.123. The van der Waals surface area contributed by atoms with Crippen LogP contribution in [0.1, 0.15) is 102 Å². The van der Waals surface area contributed by atoms with E-state index in [4.69, 9.17) is 17.2 Å². The first-order chi connectivity index (χ1) is 25.4. The van der Waals surface area contributed by atoms with E-state index < -0.39 is 53.7 Å². The Bertz CT molecular complexity index is 1430. The predicted molar refractivity (Wildman–Crippen MR) is 206 cm³/mol. The van der Waals surface area contributed by atoms with E-state index in [2.05, 4.69) is 21.3 Å². The zero-order valence-corrected chi connectivity index (χ0v) is 31.4. The van der Waals surface area contributed by atoms with E-state index in [1.54, 1.807) is 0 Å². The largest absolute Gasteiger partial charge is 0.370 e. The summed E-state index contributed by atoms with van der Waals surface area (Å²) in [6.07, 6.45) is 9.73. The lowest BCUT2D eigenvalue weighted by molar-refractivity contribution is -0.132. The highest BCUT2D eigenvalue weighted by atomic mass is 16.2. The van der Waals surface area contributed by atoms with Crippen molar-refractivity contribution in [3.63, 3.8) is 0 Å². The number of nitrogens with two attached hydrogens (primary N) is 3. The first-order valence-corrected chi connectivity index (χ1v) is 19.0.